The second-order valence-corrected chi connectivity index (χ2v) is 7.20. The maximum absolute atomic E-state index is 12.2. The summed E-state index contributed by atoms with van der Waals surface area (Å²) in [7, 11) is 3.20. The molecule has 98 valence electrons. The summed E-state index contributed by atoms with van der Waals surface area (Å²) in [6, 6.07) is 0. The van der Waals surface area contributed by atoms with Gasteiger partial charge in [0.2, 0.25) is 0 Å². The third-order valence-electron chi connectivity index (χ3n) is 4.77. The monoisotopic (exact) mass is 265 g/mol. The summed E-state index contributed by atoms with van der Waals surface area (Å²) < 4.78 is 0. The van der Waals surface area contributed by atoms with Gasteiger partial charge in [-0.05, 0) is 41.7 Å². The Morgan fingerprint density at radius 3 is 2.78 bits per heavy atom. The van der Waals surface area contributed by atoms with Gasteiger partial charge < -0.3 is 0 Å². The van der Waals surface area contributed by atoms with Crippen molar-refractivity contribution >= 4 is 17.2 Å². The predicted octanol–water partition coefficient (Wildman–Crippen LogP) is 2.99. The Balaban J connectivity index is 2.00. The minimum Gasteiger partial charge on any atom is -0.274 e. The highest BCUT2D eigenvalue weighted by Crippen LogP contribution is 2.71. The van der Waals surface area contributed by atoms with Crippen molar-refractivity contribution in [2.45, 2.75) is 33.1 Å². The van der Waals surface area contributed by atoms with Crippen molar-refractivity contribution in [1.29, 1.82) is 0 Å². The molecule has 3 nitrogen and oxygen atoms in total. The van der Waals surface area contributed by atoms with Gasteiger partial charge in [0.05, 0.1) is 12.0 Å². The second-order valence-electron chi connectivity index (χ2n) is 5.97. The summed E-state index contributed by atoms with van der Waals surface area (Å²) in [6.07, 6.45) is 1.07. The molecule has 0 aliphatic heterocycles. The lowest BCUT2D eigenvalue weighted by atomic mass is 9.95. The molecule has 3 rings (SSSR count). The van der Waals surface area contributed by atoms with E-state index < -0.39 is 0 Å². The standard InChI is InChI=1S/C14H19NO2S/c1-7-10-8(6-9-11(10)14(9,2)3)12(18-7)13(16)15(4)17-5/h9,11H,6H2,1-5H3. The highest BCUT2D eigenvalue weighted by Gasteiger charge is 2.63. The maximum Gasteiger partial charge on any atom is 0.287 e. The van der Waals surface area contributed by atoms with Crippen LogP contribution in [0, 0.1) is 18.3 Å². The number of thiophene rings is 1. The average molecular weight is 265 g/mol. The number of hydroxylamine groups is 2. The summed E-state index contributed by atoms with van der Waals surface area (Å²) in [5.41, 5.74) is 3.19. The number of nitrogens with zero attached hydrogens (tertiary/aromatic N) is 1. The number of hydrogen-bond acceptors (Lipinski definition) is 3. The van der Waals surface area contributed by atoms with Crippen LogP contribution in [0.4, 0.5) is 0 Å². The van der Waals surface area contributed by atoms with Gasteiger partial charge >= 0.3 is 0 Å². The summed E-state index contributed by atoms with van der Waals surface area (Å²) in [6.45, 7) is 6.82. The number of carbonyl (C=O) groups excluding carboxylic acids is 1. The van der Waals surface area contributed by atoms with E-state index >= 15 is 0 Å². The van der Waals surface area contributed by atoms with Gasteiger partial charge in [-0.15, -0.1) is 11.3 Å². The third-order valence-corrected chi connectivity index (χ3v) is 5.92. The maximum atomic E-state index is 12.2. The molecule has 2 aliphatic rings. The van der Waals surface area contributed by atoms with Gasteiger partial charge in [-0.1, -0.05) is 13.8 Å². The summed E-state index contributed by atoms with van der Waals surface area (Å²) in [5.74, 6) is 1.41. The highest BCUT2D eigenvalue weighted by atomic mass is 32.1. The van der Waals surface area contributed by atoms with Crippen LogP contribution in [-0.2, 0) is 11.3 Å². The quantitative estimate of drug-likeness (QED) is 0.769. The Morgan fingerprint density at radius 1 is 1.50 bits per heavy atom. The van der Waals surface area contributed by atoms with Crippen LogP contribution < -0.4 is 0 Å². The van der Waals surface area contributed by atoms with Crippen LogP contribution in [0.2, 0.25) is 0 Å². The molecule has 1 fully saturated rings. The normalized spacial score (nSPS) is 26.7. The second kappa shape index (κ2) is 3.58. The van der Waals surface area contributed by atoms with Crippen molar-refractivity contribution in [2.24, 2.45) is 11.3 Å². The van der Waals surface area contributed by atoms with E-state index in [0.29, 0.717) is 11.3 Å². The number of fused-ring (bicyclic) bond motifs is 3. The third kappa shape index (κ3) is 1.36. The topological polar surface area (TPSA) is 29.5 Å². The van der Waals surface area contributed by atoms with Crippen molar-refractivity contribution < 1.29 is 9.63 Å². The van der Waals surface area contributed by atoms with Crippen molar-refractivity contribution in [3.63, 3.8) is 0 Å². The van der Waals surface area contributed by atoms with Crippen LogP contribution >= 0.6 is 11.3 Å². The molecule has 0 saturated heterocycles. The molecular formula is C14H19NO2S. The molecule has 1 heterocycles. The van der Waals surface area contributed by atoms with Gasteiger partial charge in [-0.2, -0.15) is 0 Å². The van der Waals surface area contributed by atoms with Gasteiger partial charge in [-0.3, -0.25) is 9.63 Å². The highest BCUT2D eigenvalue weighted by molar-refractivity contribution is 7.14. The lowest BCUT2D eigenvalue weighted by Gasteiger charge is -2.14. The molecule has 1 aromatic heterocycles. The average Bonchev–Trinajstić information content (AvgIpc) is 2.73. The molecule has 1 amide bonds. The van der Waals surface area contributed by atoms with Crippen LogP contribution in [0.5, 0.6) is 0 Å². The molecular weight excluding hydrogens is 246 g/mol. The molecule has 0 radical (unpaired) electrons. The van der Waals surface area contributed by atoms with Gasteiger partial charge in [0, 0.05) is 11.9 Å². The molecule has 2 unspecified atom stereocenters. The van der Waals surface area contributed by atoms with Crippen LogP contribution in [0.15, 0.2) is 0 Å². The van der Waals surface area contributed by atoms with E-state index in [1.807, 2.05) is 0 Å². The summed E-state index contributed by atoms with van der Waals surface area (Å²) >= 11 is 1.63. The first-order chi connectivity index (χ1) is 8.39. The first kappa shape index (κ1) is 12.2. The number of rotatable bonds is 2. The van der Waals surface area contributed by atoms with Gasteiger partial charge in [0.25, 0.3) is 5.91 Å². The van der Waals surface area contributed by atoms with Gasteiger partial charge in [0.1, 0.15) is 0 Å². The molecule has 1 aromatic rings. The van der Waals surface area contributed by atoms with E-state index in [1.54, 1.807) is 18.4 Å². The van der Waals surface area contributed by atoms with Gasteiger partial charge in [-0.25, -0.2) is 5.06 Å². The SMILES string of the molecule is CON(C)C(=O)c1sc(C)c2c1CC1C2C1(C)C. The molecule has 0 aromatic carbocycles. The van der Waals surface area contributed by atoms with E-state index in [4.69, 9.17) is 4.84 Å². The number of carbonyl (C=O) groups is 1. The Labute approximate surface area is 112 Å². The Bertz CT molecular complexity index is 532. The van der Waals surface area contributed by atoms with Crippen LogP contribution in [0.1, 0.15) is 45.4 Å². The van der Waals surface area contributed by atoms with E-state index in [0.717, 1.165) is 17.2 Å². The molecule has 1 saturated carbocycles. The molecule has 4 heteroatoms. The van der Waals surface area contributed by atoms with Crippen molar-refractivity contribution in [2.75, 3.05) is 14.2 Å². The summed E-state index contributed by atoms with van der Waals surface area (Å²) in [4.78, 5) is 19.4. The number of amides is 1. The zero-order valence-electron chi connectivity index (χ0n) is 11.5. The molecule has 2 atom stereocenters. The molecule has 0 N–H and O–H groups in total. The fraction of sp³-hybridized carbons (Fsp3) is 0.643. The van der Waals surface area contributed by atoms with Gasteiger partial charge in [0.15, 0.2) is 0 Å². The molecule has 0 spiro atoms. The Morgan fingerprint density at radius 2 is 2.17 bits per heavy atom. The molecule has 18 heavy (non-hydrogen) atoms. The smallest absolute Gasteiger partial charge is 0.274 e. The molecule has 0 bridgehead atoms. The summed E-state index contributed by atoms with van der Waals surface area (Å²) in [5, 5.41) is 1.32. The largest absolute Gasteiger partial charge is 0.287 e. The lowest BCUT2D eigenvalue weighted by molar-refractivity contribution is -0.0754. The number of hydrogen-bond donors (Lipinski definition) is 0. The fourth-order valence-electron chi connectivity index (χ4n) is 3.53. The van der Waals surface area contributed by atoms with E-state index in [-0.39, 0.29) is 5.91 Å². The zero-order valence-corrected chi connectivity index (χ0v) is 12.4. The van der Waals surface area contributed by atoms with Crippen LogP contribution in [0.25, 0.3) is 0 Å². The predicted molar refractivity (Wildman–Crippen MR) is 71.9 cm³/mol. The van der Waals surface area contributed by atoms with E-state index in [9.17, 15) is 4.79 Å². The minimum atomic E-state index is -0.00837. The van der Waals surface area contributed by atoms with Crippen LogP contribution in [0.3, 0.4) is 0 Å². The first-order valence-corrected chi connectivity index (χ1v) is 7.15. The fourth-order valence-corrected chi connectivity index (χ4v) is 4.73. The van der Waals surface area contributed by atoms with Crippen molar-refractivity contribution in [3.8, 4) is 0 Å². The lowest BCUT2D eigenvalue weighted by Crippen LogP contribution is -2.25. The van der Waals surface area contributed by atoms with E-state index in [2.05, 4.69) is 20.8 Å². The number of aryl methyl sites for hydroxylation is 1. The Kier molecular flexibility index (Phi) is 2.42. The zero-order chi connectivity index (χ0) is 13.2. The minimum absolute atomic E-state index is 0.00837. The Hall–Kier alpha value is -0.870. The van der Waals surface area contributed by atoms with Crippen molar-refractivity contribution in [1.82, 2.24) is 5.06 Å². The van der Waals surface area contributed by atoms with E-state index in [1.165, 1.54) is 28.2 Å². The first-order valence-electron chi connectivity index (χ1n) is 6.34. The molecule has 2 aliphatic carbocycles. The van der Waals surface area contributed by atoms with Crippen LogP contribution in [-0.4, -0.2) is 25.1 Å². The van der Waals surface area contributed by atoms with Crippen molar-refractivity contribution in [3.05, 3.63) is 20.9 Å².